The van der Waals surface area contributed by atoms with Crippen molar-refractivity contribution in [3.63, 3.8) is 0 Å². The van der Waals surface area contributed by atoms with Gasteiger partial charge in [-0.05, 0) is 31.1 Å². The lowest BCUT2D eigenvalue weighted by molar-refractivity contribution is -0.139. The molecule has 2 nitrogen and oxygen atoms in total. The molecule has 0 N–H and O–H groups in total. The average Bonchev–Trinajstić information content (AvgIpc) is 2.71. The smallest absolute Gasteiger partial charge is 0.334 e. The molecule has 2 heteroatoms. The summed E-state index contributed by atoms with van der Waals surface area (Å²) in [6.07, 6.45) is 7.77. The predicted octanol–water partition coefficient (Wildman–Crippen LogP) is 2.68. The van der Waals surface area contributed by atoms with Gasteiger partial charge < -0.3 is 4.74 Å². The highest BCUT2D eigenvalue weighted by Gasteiger charge is 2.44. The standard InChI is InChI=1S/C13H18O2/c1-8-11-7-10-4-2-3-9(10)5-6-12(11)15-13(8)14/h9-12H,1-7H2/t9-,10-,11+,12-/m0/s1. The van der Waals surface area contributed by atoms with E-state index in [0.717, 1.165) is 30.3 Å². The molecule has 15 heavy (non-hydrogen) atoms. The molecule has 0 radical (unpaired) electrons. The third-order valence-corrected chi connectivity index (χ3v) is 4.61. The fourth-order valence-corrected chi connectivity index (χ4v) is 3.73. The summed E-state index contributed by atoms with van der Waals surface area (Å²) >= 11 is 0. The van der Waals surface area contributed by atoms with E-state index in [1.54, 1.807) is 0 Å². The molecule has 2 aliphatic carbocycles. The van der Waals surface area contributed by atoms with Gasteiger partial charge in [-0.15, -0.1) is 0 Å². The Bertz CT molecular complexity index is 308. The Morgan fingerprint density at radius 3 is 2.80 bits per heavy atom. The van der Waals surface area contributed by atoms with E-state index in [1.165, 1.54) is 25.7 Å². The topological polar surface area (TPSA) is 26.3 Å². The number of hydrogen-bond donors (Lipinski definition) is 0. The highest BCUT2D eigenvalue weighted by Crippen LogP contribution is 2.47. The van der Waals surface area contributed by atoms with Crippen molar-refractivity contribution in [2.75, 3.05) is 0 Å². The van der Waals surface area contributed by atoms with Crippen LogP contribution in [0.2, 0.25) is 0 Å². The van der Waals surface area contributed by atoms with Crippen molar-refractivity contribution in [1.29, 1.82) is 0 Å². The van der Waals surface area contributed by atoms with Crippen molar-refractivity contribution >= 4 is 5.97 Å². The van der Waals surface area contributed by atoms with Gasteiger partial charge in [-0.3, -0.25) is 0 Å². The van der Waals surface area contributed by atoms with Gasteiger partial charge in [0.15, 0.2) is 0 Å². The lowest BCUT2D eigenvalue weighted by Crippen LogP contribution is -2.16. The third kappa shape index (κ3) is 1.42. The van der Waals surface area contributed by atoms with Crippen LogP contribution in [0.1, 0.15) is 38.5 Å². The summed E-state index contributed by atoms with van der Waals surface area (Å²) in [5.41, 5.74) is 0.743. The average molecular weight is 206 g/mol. The summed E-state index contributed by atoms with van der Waals surface area (Å²) in [5, 5.41) is 0. The molecule has 3 aliphatic rings. The van der Waals surface area contributed by atoms with Gasteiger partial charge in [-0.25, -0.2) is 4.79 Å². The second-order valence-electron chi connectivity index (χ2n) is 5.34. The van der Waals surface area contributed by atoms with Crippen LogP contribution >= 0.6 is 0 Å². The first kappa shape index (κ1) is 9.44. The Kier molecular flexibility index (Phi) is 2.11. The SMILES string of the molecule is C=C1C(=O)O[C@H]2CC[C@@H]3CCC[C@H]3C[C@H]12. The Morgan fingerprint density at radius 1 is 1.13 bits per heavy atom. The summed E-state index contributed by atoms with van der Waals surface area (Å²) < 4.78 is 5.38. The van der Waals surface area contributed by atoms with Crippen molar-refractivity contribution in [3.05, 3.63) is 12.2 Å². The Labute approximate surface area is 90.7 Å². The molecule has 0 bridgehead atoms. The van der Waals surface area contributed by atoms with Crippen molar-refractivity contribution in [1.82, 2.24) is 0 Å². The summed E-state index contributed by atoms with van der Waals surface area (Å²) in [6, 6.07) is 0. The zero-order valence-electron chi connectivity index (χ0n) is 9.08. The Balaban J connectivity index is 1.82. The summed E-state index contributed by atoms with van der Waals surface area (Å²) in [6.45, 7) is 3.90. The second-order valence-corrected chi connectivity index (χ2v) is 5.34. The van der Waals surface area contributed by atoms with Crippen LogP contribution in [0.5, 0.6) is 0 Å². The number of ether oxygens (including phenoxy) is 1. The molecule has 0 aromatic carbocycles. The molecule has 3 rings (SSSR count). The van der Waals surface area contributed by atoms with E-state index in [2.05, 4.69) is 6.58 Å². The molecule has 0 amide bonds. The first-order valence-corrected chi connectivity index (χ1v) is 6.15. The first-order valence-electron chi connectivity index (χ1n) is 6.15. The molecule has 3 fully saturated rings. The Hall–Kier alpha value is -0.790. The molecular weight excluding hydrogens is 188 g/mol. The van der Waals surface area contributed by atoms with Gasteiger partial charge in [0.1, 0.15) is 6.10 Å². The van der Waals surface area contributed by atoms with Crippen LogP contribution in [0.25, 0.3) is 0 Å². The molecule has 1 saturated heterocycles. The van der Waals surface area contributed by atoms with Gasteiger partial charge >= 0.3 is 5.97 Å². The summed E-state index contributed by atoms with van der Waals surface area (Å²) in [7, 11) is 0. The molecule has 4 atom stereocenters. The maximum atomic E-state index is 11.4. The quantitative estimate of drug-likeness (QED) is 0.450. The van der Waals surface area contributed by atoms with Crippen LogP contribution in [-0.2, 0) is 9.53 Å². The van der Waals surface area contributed by atoms with Crippen molar-refractivity contribution < 1.29 is 9.53 Å². The lowest BCUT2D eigenvalue weighted by Gasteiger charge is -2.17. The van der Waals surface area contributed by atoms with E-state index in [9.17, 15) is 4.79 Å². The Morgan fingerprint density at radius 2 is 1.93 bits per heavy atom. The molecular formula is C13H18O2. The van der Waals surface area contributed by atoms with E-state index in [-0.39, 0.29) is 12.1 Å². The maximum absolute atomic E-state index is 11.4. The minimum absolute atomic E-state index is 0.138. The summed E-state index contributed by atoms with van der Waals surface area (Å²) in [4.78, 5) is 11.4. The van der Waals surface area contributed by atoms with E-state index in [1.807, 2.05) is 0 Å². The van der Waals surface area contributed by atoms with Crippen LogP contribution in [-0.4, -0.2) is 12.1 Å². The highest BCUT2D eigenvalue weighted by molar-refractivity contribution is 5.90. The largest absolute Gasteiger partial charge is 0.458 e. The number of esters is 1. The number of fused-ring (bicyclic) bond motifs is 2. The molecule has 0 aromatic rings. The van der Waals surface area contributed by atoms with E-state index in [4.69, 9.17) is 4.74 Å². The van der Waals surface area contributed by atoms with Crippen LogP contribution in [0, 0.1) is 17.8 Å². The lowest BCUT2D eigenvalue weighted by atomic mass is 9.86. The van der Waals surface area contributed by atoms with E-state index in [0.29, 0.717) is 5.92 Å². The molecule has 0 spiro atoms. The predicted molar refractivity (Wildman–Crippen MR) is 57.2 cm³/mol. The van der Waals surface area contributed by atoms with Crippen LogP contribution in [0.4, 0.5) is 0 Å². The molecule has 0 aromatic heterocycles. The van der Waals surface area contributed by atoms with Crippen LogP contribution < -0.4 is 0 Å². The second kappa shape index (κ2) is 3.36. The zero-order valence-corrected chi connectivity index (χ0v) is 9.08. The molecule has 1 heterocycles. The zero-order chi connectivity index (χ0) is 10.4. The fraction of sp³-hybridized carbons (Fsp3) is 0.769. The number of carbonyl (C=O) groups excluding carboxylic acids is 1. The number of hydrogen-bond acceptors (Lipinski definition) is 2. The van der Waals surface area contributed by atoms with Crippen molar-refractivity contribution in [2.24, 2.45) is 17.8 Å². The van der Waals surface area contributed by atoms with E-state index < -0.39 is 0 Å². The normalized spacial score (nSPS) is 44.5. The molecule has 82 valence electrons. The number of rotatable bonds is 0. The van der Waals surface area contributed by atoms with Gasteiger partial charge in [-0.2, -0.15) is 0 Å². The minimum atomic E-state index is -0.138. The van der Waals surface area contributed by atoms with Gasteiger partial charge in [0.2, 0.25) is 0 Å². The maximum Gasteiger partial charge on any atom is 0.334 e. The van der Waals surface area contributed by atoms with Gasteiger partial charge in [-0.1, -0.05) is 25.8 Å². The monoisotopic (exact) mass is 206 g/mol. The molecule has 2 saturated carbocycles. The molecule has 0 unspecified atom stereocenters. The third-order valence-electron chi connectivity index (χ3n) is 4.61. The van der Waals surface area contributed by atoms with Crippen molar-refractivity contribution in [2.45, 2.75) is 44.6 Å². The summed E-state index contributed by atoms with van der Waals surface area (Å²) in [5.74, 6) is 1.94. The van der Waals surface area contributed by atoms with Crippen LogP contribution in [0.15, 0.2) is 12.2 Å². The van der Waals surface area contributed by atoms with Gasteiger partial charge in [0.05, 0.1) is 0 Å². The van der Waals surface area contributed by atoms with Crippen molar-refractivity contribution in [3.8, 4) is 0 Å². The number of carbonyl (C=O) groups is 1. The van der Waals surface area contributed by atoms with Gasteiger partial charge in [0.25, 0.3) is 0 Å². The van der Waals surface area contributed by atoms with Crippen LogP contribution in [0.3, 0.4) is 0 Å². The van der Waals surface area contributed by atoms with Gasteiger partial charge in [0, 0.05) is 11.5 Å². The van der Waals surface area contributed by atoms with E-state index >= 15 is 0 Å². The molecule has 1 aliphatic heterocycles. The minimum Gasteiger partial charge on any atom is -0.458 e. The first-order chi connectivity index (χ1) is 7.25. The fourth-order valence-electron chi connectivity index (χ4n) is 3.73. The highest BCUT2D eigenvalue weighted by atomic mass is 16.6.